The summed E-state index contributed by atoms with van der Waals surface area (Å²) in [5.74, 6) is 0.184. The van der Waals surface area contributed by atoms with Crippen LogP contribution >= 0.6 is 0 Å². The number of likely N-dealkylation sites (tertiary alicyclic amines) is 1. The fourth-order valence-corrected chi connectivity index (χ4v) is 1.88. The molecule has 1 unspecified atom stereocenters. The summed E-state index contributed by atoms with van der Waals surface area (Å²) in [6.45, 7) is 10.9. The van der Waals surface area contributed by atoms with Crippen molar-refractivity contribution in [2.24, 2.45) is 11.1 Å². The molecule has 1 aliphatic heterocycles. The lowest BCUT2D eigenvalue weighted by atomic mass is 9.77. The van der Waals surface area contributed by atoms with Crippen LogP contribution in [0.5, 0.6) is 0 Å². The highest BCUT2D eigenvalue weighted by atomic mass is 16.2. The molecule has 3 nitrogen and oxygen atoms in total. The van der Waals surface area contributed by atoms with Crippen LogP contribution in [0.15, 0.2) is 0 Å². The van der Waals surface area contributed by atoms with E-state index >= 15 is 0 Å². The van der Waals surface area contributed by atoms with Crippen molar-refractivity contribution < 1.29 is 4.79 Å². The summed E-state index contributed by atoms with van der Waals surface area (Å²) >= 11 is 0. The Kier molecular flexibility index (Phi) is 2.65. The summed E-state index contributed by atoms with van der Waals surface area (Å²) in [6.07, 6.45) is 0.899. The third-order valence-electron chi connectivity index (χ3n) is 3.20. The normalized spacial score (nSPS) is 28.0. The van der Waals surface area contributed by atoms with Crippen LogP contribution < -0.4 is 5.73 Å². The lowest BCUT2D eigenvalue weighted by Crippen LogP contribution is -2.61. The predicted octanol–water partition coefficient (Wildman–Crippen LogP) is 1.37. The number of piperidine rings is 1. The topological polar surface area (TPSA) is 46.3 Å². The van der Waals surface area contributed by atoms with Gasteiger partial charge in [0.2, 0.25) is 5.91 Å². The first-order valence-electron chi connectivity index (χ1n) is 5.25. The number of carbonyl (C=O) groups excluding carboxylic acids is 1. The minimum atomic E-state index is -0.411. The molecule has 1 amide bonds. The highest BCUT2D eigenvalue weighted by molar-refractivity contribution is 5.84. The lowest BCUT2D eigenvalue weighted by molar-refractivity contribution is -0.151. The van der Waals surface area contributed by atoms with Gasteiger partial charge in [0.1, 0.15) is 0 Å². The van der Waals surface area contributed by atoms with Crippen molar-refractivity contribution in [3.63, 3.8) is 0 Å². The summed E-state index contributed by atoms with van der Waals surface area (Å²) < 4.78 is 0. The van der Waals surface area contributed by atoms with E-state index in [0.717, 1.165) is 13.0 Å². The van der Waals surface area contributed by atoms with Gasteiger partial charge in [-0.1, -0.05) is 0 Å². The Labute approximate surface area is 86.6 Å². The van der Waals surface area contributed by atoms with E-state index in [-0.39, 0.29) is 17.5 Å². The Morgan fingerprint density at radius 1 is 1.43 bits per heavy atom. The largest absolute Gasteiger partial charge is 0.337 e. The number of carbonyl (C=O) groups is 1. The van der Waals surface area contributed by atoms with Crippen LogP contribution in [0.2, 0.25) is 0 Å². The van der Waals surface area contributed by atoms with Crippen molar-refractivity contribution >= 4 is 5.91 Å². The molecule has 1 fully saturated rings. The second-order valence-corrected chi connectivity index (χ2v) is 5.74. The van der Waals surface area contributed by atoms with E-state index in [0.29, 0.717) is 0 Å². The maximum Gasteiger partial charge on any atom is 0.230 e. The molecule has 3 heteroatoms. The zero-order chi connectivity index (χ0) is 11.1. The van der Waals surface area contributed by atoms with E-state index in [4.69, 9.17) is 5.73 Å². The molecule has 0 aromatic heterocycles. The monoisotopic (exact) mass is 198 g/mol. The zero-order valence-electron chi connectivity index (χ0n) is 9.92. The van der Waals surface area contributed by atoms with Crippen LogP contribution in [0.1, 0.15) is 41.0 Å². The molecular weight excluding hydrogens is 176 g/mol. The average molecular weight is 198 g/mol. The van der Waals surface area contributed by atoms with E-state index in [2.05, 4.69) is 20.8 Å². The van der Waals surface area contributed by atoms with Gasteiger partial charge in [0.25, 0.3) is 0 Å². The third kappa shape index (κ3) is 1.78. The van der Waals surface area contributed by atoms with Crippen LogP contribution in [-0.4, -0.2) is 28.9 Å². The van der Waals surface area contributed by atoms with Crippen molar-refractivity contribution in [2.75, 3.05) is 6.54 Å². The van der Waals surface area contributed by atoms with E-state index in [1.807, 2.05) is 18.7 Å². The summed E-state index contributed by atoms with van der Waals surface area (Å²) in [6, 6.07) is -0.00593. The maximum absolute atomic E-state index is 12.2. The van der Waals surface area contributed by atoms with E-state index in [1.54, 1.807) is 0 Å². The summed E-state index contributed by atoms with van der Waals surface area (Å²) in [5.41, 5.74) is 5.46. The molecule has 14 heavy (non-hydrogen) atoms. The van der Waals surface area contributed by atoms with Gasteiger partial charge in [-0.3, -0.25) is 4.79 Å². The lowest BCUT2D eigenvalue weighted by Gasteiger charge is -2.47. The fourth-order valence-electron chi connectivity index (χ4n) is 1.88. The Morgan fingerprint density at radius 3 is 2.36 bits per heavy atom. The zero-order valence-corrected chi connectivity index (χ0v) is 9.92. The molecule has 0 spiro atoms. The smallest absolute Gasteiger partial charge is 0.230 e. The molecule has 0 aliphatic carbocycles. The molecule has 0 aromatic rings. The van der Waals surface area contributed by atoms with E-state index in [9.17, 15) is 4.79 Å². The molecule has 82 valence electrons. The van der Waals surface area contributed by atoms with Crippen molar-refractivity contribution in [1.29, 1.82) is 0 Å². The van der Waals surface area contributed by atoms with Crippen LogP contribution in [-0.2, 0) is 4.79 Å². The third-order valence-corrected chi connectivity index (χ3v) is 3.20. The van der Waals surface area contributed by atoms with E-state index < -0.39 is 5.41 Å². The summed E-state index contributed by atoms with van der Waals surface area (Å²) in [5, 5.41) is 0. The second-order valence-electron chi connectivity index (χ2n) is 5.74. The number of nitrogens with zero attached hydrogens (tertiary/aromatic N) is 1. The molecule has 0 saturated carbocycles. The Hall–Kier alpha value is -0.570. The van der Waals surface area contributed by atoms with Gasteiger partial charge in [0, 0.05) is 18.1 Å². The SMILES string of the molecule is CC1(C)C(=O)N(C(C)(C)C)CCC1N. The van der Waals surface area contributed by atoms with Gasteiger partial charge in [-0.25, -0.2) is 0 Å². The predicted molar refractivity (Wildman–Crippen MR) is 57.8 cm³/mol. The van der Waals surface area contributed by atoms with Gasteiger partial charge in [0.05, 0.1) is 5.41 Å². The molecule has 0 bridgehead atoms. The number of hydrogen-bond donors (Lipinski definition) is 1. The number of rotatable bonds is 0. The van der Waals surface area contributed by atoms with E-state index in [1.165, 1.54) is 0 Å². The summed E-state index contributed by atoms with van der Waals surface area (Å²) in [4.78, 5) is 14.1. The van der Waals surface area contributed by atoms with Crippen LogP contribution in [0.4, 0.5) is 0 Å². The van der Waals surface area contributed by atoms with Gasteiger partial charge in [0.15, 0.2) is 0 Å². The minimum Gasteiger partial charge on any atom is -0.337 e. The minimum absolute atomic E-state index is 0.00593. The second kappa shape index (κ2) is 3.23. The molecule has 1 heterocycles. The van der Waals surface area contributed by atoms with Crippen molar-refractivity contribution in [3.05, 3.63) is 0 Å². The number of amides is 1. The van der Waals surface area contributed by atoms with Crippen molar-refractivity contribution in [2.45, 2.75) is 52.6 Å². The molecule has 0 radical (unpaired) electrons. The quantitative estimate of drug-likeness (QED) is 0.639. The Morgan fingerprint density at radius 2 is 1.93 bits per heavy atom. The van der Waals surface area contributed by atoms with Crippen LogP contribution in [0.25, 0.3) is 0 Å². The fraction of sp³-hybridized carbons (Fsp3) is 0.909. The van der Waals surface area contributed by atoms with Gasteiger partial charge < -0.3 is 10.6 Å². The molecule has 1 atom stereocenters. The van der Waals surface area contributed by atoms with Crippen LogP contribution in [0.3, 0.4) is 0 Å². The average Bonchev–Trinajstić information content (AvgIpc) is 1.99. The standard InChI is InChI=1S/C11H22N2O/c1-10(2,3)13-7-6-8(12)11(4,5)9(13)14/h8H,6-7,12H2,1-5H3. The number of hydrogen-bond acceptors (Lipinski definition) is 2. The van der Waals surface area contributed by atoms with Crippen LogP contribution in [0, 0.1) is 5.41 Å². The van der Waals surface area contributed by atoms with Crippen molar-refractivity contribution in [1.82, 2.24) is 4.90 Å². The molecule has 1 aliphatic rings. The molecule has 1 saturated heterocycles. The highest BCUT2D eigenvalue weighted by Gasteiger charge is 2.44. The molecule has 0 aromatic carbocycles. The first kappa shape index (κ1) is 11.5. The van der Waals surface area contributed by atoms with Gasteiger partial charge in [-0.15, -0.1) is 0 Å². The first-order chi connectivity index (χ1) is 6.17. The first-order valence-corrected chi connectivity index (χ1v) is 5.25. The van der Waals surface area contributed by atoms with Gasteiger partial charge >= 0.3 is 0 Å². The molecular formula is C11H22N2O. The highest BCUT2D eigenvalue weighted by Crippen LogP contribution is 2.32. The van der Waals surface area contributed by atoms with Gasteiger partial charge in [-0.05, 0) is 41.0 Å². The number of nitrogens with two attached hydrogens (primary N) is 1. The summed E-state index contributed by atoms with van der Waals surface area (Å²) in [7, 11) is 0. The van der Waals surface area contributed by atoms with Crippen molar-refractivity contribution in [3.8, 4) is 0 Å². The Balaban J connectivity index is 2.92. The molecule has 1 rings (SSSR count). The maximum atomic E-state index is 12.2. The molecule has 2 N–H and O–H groups in total. The van der Waals surface area contributed by atoms with Gasteiger partial charge in [-0.2, -0.15) is 0 Å². The Bertz CT molecular complexity index is 240.